The lowest BCUT2D eigenvalue weighted by atomic mass is 9.70. The highest BCUT2D eigenvalue weighted by Gasteiger charge is 2.43. The first-order valence-corrected chi connectivity index (χ1v) is 6.05. The first-order valence-electron chi connectivity index (χ1n) is 6.05. The smallest absolute Gasteiger partial charge is 0.0616 e. The predicted molar refractivity (Wildman–Crippen MR) is 58.2 cm³/mol. The van der Waals surface area contributed by atoms with Crippen molar-refractivity contribution in [1.82, 2.24) is 5.32 Å². The van der Waals surface area contributed by atoms with E-state index >= 15 is 0 Å². The molecule has 0 heterocycles. The van der Waals surface area contributed by atoms with Crippen molar-refractivity contribution < 1.29 is 5.11 Å². The molecule has 2 fully saturated rings. The fourth-order valence-corrected chi connectivity index (χ4v) is 2.84. The predicted octanol–water partition coefficient (Wildman–Crippen LogP) is 1.93. The molecule has 2 aliphatic rings. The molecule has 14 heavy (non-hydrogen) atoms. The van der Waals surface area contributed by atoms with Crippen LogP contribution in [0.3, 0.4) is 0 Å². The number of nitrogens with one attached hydrogen (secondary N) is 1. The normalized spacial score (nSPS) is 43.9. The monoisotopic (exact) mass is 197 g/mol. The van der Waals surface area contributed by atoms with Crippen LogP contribution in [0.4, 0.5) is 0 Å². The van der Waals surface area contributed by atoms with Crippen molar-refractivity contribution in [3.63, 3.8) is 0 Å². The Bertz CT molecular complexity index is 198. The van der Waals surface area contributed by atoms with Crippen molar-refractivity contribution in [2.24, 2.45) is 11.8 Å². The third-order valence-corrected chi connectivity index (χ3v) is 4.10. The molecular formula is C12H23NO. The van der Waals surface area contributed by atoms with Gasteiger partial charge in [-0.1, -0.05) is 20.3 Å². The van der Waals surface area contributed by atoms with Crippen LogP contribution >= 0.6 is 0 Å². The Balaban J connectivity index is 2.04. The molecule has 0 radical (unpaired) electrons. The maximum absolute atomic E-state index is 9.64. The average molecular weight is 197 g/mol. The van der Waals surface area contributed by atoms with Crippen LogP contribution in [0.15, 0.2) is 0 Å². The Hall–Kier alpha value is -0.0800. The van der Waals surface area contributed by atoms with Gasteiger partial charge in [0.2, 0.25) is 0 Å². The SMILES string of the molecule is CC1CCC(C)C(CO)(NC2CC2)C1. The van der Waals surface area contributed by atoms with E-state index in [4.69, 9.17) is 0 Å². The summed E-state index contributed by atoms with van der Waals surface area (Å²) in [4.78, 5) is 0. The van der Waals surface area contributed by atoms with Gasteiger partial charge in [-0.05, 0) is 37.5 Å². The molecule has 2 saturated carbocycles. The first kappa shape index (κ1) is 10.4. The summed E-state index contributed by atoms with van der Waals surface area (Å²) in [6, 6.07) is 0.704. The Labute approximate surface area is 87.1 Å². The molecule has 2 nitrogen and oxygen atoms in total. The molecule has 2 rings (SSSR count). The highest BCUT2D eigenvalue weighted by molar-refractivity contribution is 5.01. The van der Waals surface area contributed by atoms with E-state index in [1.54, 1.807) is 0 Å². The molecular weight excluding hydrogens is 174 g/mol. The van der Waals surface area contributed by atoms with Gasteiger partial charge in [-0.2, -0.15) is 0 Å². The molecule has 0 saturated heterocycles. The summed E-state index contributed by atoms with van der Waals surface area (Å²) in [6.45, 7) is 4.91. The third kappa shape index (κ3) is 1.96. The van der Waals surface area contributed by atoms with E-state index < -0.39 is 0 Å². The van der Waals surface area contributed by atoms with Crippen molar-refractivity contribution in [2.45, 2.75) is 57.5 Å². The zero-order valence-electron chi connectivity index (χ0n) is 9.42. The minimum absolute atomic E-state index is 0.0405. The third-order valence-electron chi connectivity index (χ3n) is 4.10. The van der Waals surface area contributed by atoms with Gasteiger partial charge in [-0.25, -0.2) is 0 Å². The minimum atomic E-state index is 0.0405. The van der Waals surface area contributed by atoms with Gasteiger partial charge in [0.15, 0.2) is 0 Å². The van der Waals surface area contributed by atoms with Crippen LogP contribution in [0.5, 0.6) is 0 Å². The second-order valence-electron chi connectivity index (χ2n) is 5.52. The van der Waals surface area contributed by atoms with E-state index in [0.717, 1.165) is 12.3 Å². The lowest BCUT2D eigenvalue weighted by molar-refractivity contribution is 0.0524. The fourth-order valence-electron chi connectivity index (χ4n) is 2.84. The van der Waals surface area contributed by atoms with Crippen molar-refractivity contribution in [2.75, 3.05) is 6.61 Å². The summed E-state index contributed by atoms with van der Waals surface area (Å²) in [5.41, 5.74) is 0.0405. The van der Waals surface area contributed by atoms with Gasteiger partial charge in [0, 0.05) is 11.6 Å². The number of aliphatic hydroxyl groups is 1. The van der Waals surface area contributed by atoms with Gasteiger partial charge >= 0.3 is 0 Å². The van der Waals surface area contributed by atoms with Crippen molar-refractivity contribution in [3.05, 3.63) is 0 Å². The Morgan fingerprint density at radius 3 is 2.50 bits per heavy atom. The van der Waals surface area contributed by atoms with Crippen molar-refractivity contribution in [1.29, 1.82) is 0 Å². The zero-order valence-corrected chi connectivity index (χ0v) is 9.42. The quantitative estimate of drug-likeness (QED) is 0.724. The maximum Gasteiger partial charge on any atom is 0.0616 e. The summed E-state index contributed by atoms with van der Waals surface area (Å²) >= 11 is 0. The molecule has 0 bridgehead atoms. The average Bonchev–Trinajstić information content (AvgIpc) is 2.95. The Kier molecular flexibility index (Phi) is 2.85. The molecule has 2 heteroatoms. The largest absolute Gasteiger partial charge is 0.394 e. The minimum Gasteiger partial charge on any atom is -0.394 e. The number of hydrogen-bond donors (Lipinski definition) is 2. The highest BCUT2D eigenvalue weighted by atomic mass is 16.3. The lowest BCUT2D eigenvalue weighted by Gasteiger charge is -2.45. The molecule has 3 unspecified atom stereocenters. The van der Waals surface area contributed by atoms with E-state index in [1.165, 1.54) is 25.7 Å². The van der Waals surface area contributed by atoms with E-state index in [1.807, 2.05) is 0 Å². The molecule has 0 aromatic rings. The first-order chi connectivity index (χ1) is 6.66. The van der Waals surface area contributed by atoms with Gasteiger partial charge in [-0.15, -0.1) is 0 Å². The van der Waals surface area contributed by atoms with E-state index in [0.29, 0.717) is 18.6 Å². The topological polar surface area (TPSA) is 32.3 Å². The van der Waals surface area contributed by atoms with Gasteiger partial charge in [-0.3, -0.25) is 0 Å². The fraction of sp³-hybridized carbons (Fsp3) is 1.00. The molecule has 3 atom stereocenters. The van der Waals surface area contributed by atoms with Gasteiger partial charge in [0.05, 0.1) is 6.61 Å². The van der Waals surface area contributed by atoms with Gasteiger partial charge < -0.3 is 10.4 Å². The van der Waals surface area contributed by atoms with Crippen LogP contribution in [-0.2, 0) is 0 Å². The van der Waals surface area contributed by atoms with Crippen LogP contribution in [0.2, 0.25) is 0 Å². The van der Waals surface area contributed by atoms with Gasteiger partial charge in [0.25, 0.3) is 0 Å². The van der Waals surface area contributed by atoms with E-state index in [2.05, 4.69) is 19.2 Å². The molecule has 2 aliphatic carbocycles. The van der Waals surface area contributed by atoms with Crippen molar-refractivity contribution >= 4 is 0 Å². The second kappa shape index (κ2) is 3.82. The summed E-state index contributed by atoms with van der Waals surface area (Å²) in [5, 5.41) is 13.3. The summed E-state index contributed by atoms with van der Waals surface area (Å²) in [5.74, 6) is 1.40. The number of aliphatic hydroxyl groups excluding tert-OH is 1. The molecule has 82 valence electrons. The molecule has 0 aliphatic heterocycles. The lowest BCUT2D eigenvalue weighted by Crippen LogP contribution is -2.57. The van der Waals surface area contributed by atoms with E-state index in [-0.39, 0.29) is 5.54 Å². The van der Waals surface area contributed by atoms with Crippen molar-refractivity contribution in [3.8, 4) is 0 Å². The van der Waals surface area contributed by atoms with E-state index in [9.17, 15) is 5.11 Å². The molecule has 0 aromatic carbocycles. The van der Waals surface area contributed by atoms with Crippen LogP contribution in [-0.4, -0.2) is 23.3 Å². The highest BCUT2D eigenvalue weighted by Crippen LogP contribution is 2.38. The van der Waals surface area contributed by atoms with Gasteiger partial charge in [0.1, 0.15) is 0 Å². The summed E-state index contributed by atoms with van der Waals surface area (Å²) in [7, 11) is 0. The Morgan fingerprint density at radius 2 is 1.93 bits per heavy atom. The van der Waals surface area contributed by atoms with Crippen LogP contribution in [0, 0.1) is 11.8 Å². The molecule has 2 N–H and O–H groups in total. The van der Waals surface area contributed by atoms with Crippen LogP contribution < -0.4 is 5.32 Å². The molecule has 0 aromatic heterocycles. The molecule has 0 amide bonds. The summed E-state index contributed by atoms with van der Waals surface area (Å²) in [6.07, 6.45) is 6.36. The Morgan fingerprint density at radius 1 is 1.21 bits per heavy atom. The molecule has 0 spiro atoms. The number of hydrogen-bond acceptors (Lipinski definition) is 2. The standard InChI is InChI=1S/C12H23NO/c1-9-3-4-10(2)12(7-9,8-14)13-11-5-6-11/h9-11,13-14H,3-8H2,1-2H3. The maximum atomic E-state index is 9.64. The van der Waals surface area contributed by atoms with Crippen LogP contribution in [0.25, 0.3) is 0 Å². The summed E-state index contributed by atoms with van der Waals surface area (Å²) < 4.78 is 0. The number of rotatable bonds is 3. The second-order valence-corrected chi connectivity index (χ2v) is 5.52. The zero-order chi connectivity index (χ0) is 10.2. The van der Waals surface area contributed by atoms with Crippen LogP contribution in [0.1, 0.15) is 46.0 Å².